The summed E-state index contributed by atoms with van der Waals surface area (Å²) in [5.41, 5.74) is 1.32. The quantitative estimate of drug-likeness (QED) is 0.675. The molecule has 1 aliphatic heterocycles. The minimum absolute atomic E-state index is 0.00277. The van der Waals surface area contributed by atoms with Crippen LogP contribution in [-0.4, -0.2) is 29.8 Å². The first kappa shape index (κ1) is 16.1. The molecular weight excluding hydrogens is 256 g/mol. The van der Waals surface area contributed by atoms with Gasteiger partial charge in [0.2, 0.25) is 0 Å². The zero-order valence-corrected chi connectivity index (χ0v) is 13.0. The summed E-state index contributed by atoms with van der Waals surface area (Å²) in [6, 6.07) is 10.3. The summed E-state index contributed by atoms with van der Waals surface area (Å²) in [6.45, 7) is 4.48. The first-order valence-electron chi connectivity index (χ1n) is 7.12. The molecule has 3 heteroatoms. The van der Waals surface area contributed by atoms with Gasteiger partial charge < -0.3 is 4.74 Å². The maximum Gasteiger partial charge on any atom is 0.314 e. The van der Waals surface area contributed by atoms with E-state index in [1.165, 1.54) is 36.3 Å². The molecule has 108 valence electrons. The van der Waals surface area contributed by atoms with Crippen LogP contribution in [0, 0.1) is 6.92 Å². The molecule has 0 unspecified atom stereocenters. The van der Waals surface area contributed by atoms with Crippen LogP contribution in [0.15, 0.2) is 30.3 Å². The molecule has 1 aromatic carbocycles. The van der Waals surface area contributed by atoms with Crippen LogP contribution in [0.5, 0.6) is 0 Å². The lowest BCUT2D eigenvalue weighted by molar-refractivity contribution is -0.139. The van der Waals surface area contributed by atoms with E-state index in [2.05, 4.69) is 19.1 Å². The zero-order chi connectivity index (χ0) is 13.9. The summed E-state index contributed by atoms with van der Waals surface area (Å²) in [5, 5.41) is 0. The van der Waals surface area contributed by atoms with E-state index in [4.69, 9.17) is 4.74 Å². The molecule has 1 aromatic rings. The van der Waals surface area contributed by atoms with E-state index >= 15 is 0 Å². The summed E-state index contributed by atoms with van der Waals surface area (Å²) in [5.74, 6) is 3.30. The molecular formula is C16H26O2S. The molecule has 1 fully saturated rings. The highest BCUT2D eigenvalue weighted by molar-refractivity contribution is 8.17. The molecule has 2 nitrogen and oxygen atoms in total. The highest BCUT2D eigenvalue weighted by Crippen LogP contribution is 2.32. The van der Waals surface area contributed by atoms with Crippen molar-refractivity contribution in [3.63, 3.8) is 0 Å². The Morgan fingerprint density at radius 3 is 2.26 bits per heavy atom. The Morgan fingerprint density at radius 2 is 1.79 bits per heavy atom. The van der Waals surface area contributed by atoms with Crippen LogP contribution in [0.3, 0.4) is 0 Å². The molecule has 0 radical (unpaired) electrons. The minimum atomic E-state index is 0.00277. The summed E-state index contributed by atoms with van der Waals surface area (Å²) >= 11 is 0. The van der Waals surface area contributed by atoms with E-state index in [9.17, 15) is 4.79 Å². The van der Waals surface area contributed by atoms with Crippen molar-refractivity contribution in [1.82, 2.24) is 0 Å². The molecule has 1 aliphatic rings. The van der Waals surface area contributed by atoms with Crippen LogP contribution in [0.25, 0.3) is 0 Å². The number of hydrogen-bond acceptors (Lipinski definition) is 2. The second kappa shape index (κ2) is 9.90. The van der Waals surface area contributed by atoms with E-state index < -0.39 is 0 Å². The van der Waals surface area contributed by atoms with Crippen LogP contribution in [-0.2, 0) is 9.53 Å². The van der Waals surface area contributed by atoms with Gasteiger partial charge in [-0.15, -0.1) is 0 Å². The van der Waals surface area contributed by atoms with Gasteiger partial charge in [0.25, 0.3) is 0 Å². The molecule has 0 amide bonds. The van der Waals surface area contributed by atoms with Crippen molar-refractivity contribution in [2.24, 2.45) is 0 Å². The number of benzene rings is 1. The van der Waals surface area contributed by atoms with Crippen molar-refractivity contribution in [3.05, 3.63) is 35.9 Å². The average Bonchev–Trinajstić information content (AvgIpc) is 2.42. The van der Waals surface area contributed by atoms with Crippen molar-refractivity contribution in [2.45, 2.75) is 33.1 Å². The number of rotatable bonds is 3. The van der Waals surface area contributed by atoms with Crippen molar-refractivity contribution in [2.75, 3.05) is 23.9 Å². The third-order valence-electron chi connectivity index (χ3n) is 3.05. The van der Waals surface area contributed by atoms with Crippen molar-refractivity contribution in [3.8, 4) is 0 Å². The Bertz CT molecular complexity index is 345. The highest BCUT2D eigenvalue weighted by atomic mass is 32.2. The van der Waals surface area contributed by atoms with Crippen LogP contribution < -0.4 is 0 Å². The van der Waals surface area contributed by atoms with Gasteiger partial charge in [0.15, 0.2) is 0 Å². The maximum absolute atomic E-state index is 11.1. The van der Waals surface area contributed by atoms with E-state index in [1.54, 1.807) is 0 Å². The van der Waals surface area contributed by atoms with Crippen LogP contribution >= 0.6 is 10.9 Å². The van der Waals surface area contributed by atoms with Gasteiger partial charge in [-0.2, -0.15) is 0 Å². The monoisotopic (exact) mass is 282 g/mol. The smallest absolute Gasteiger partial charge is 0.314 e. The molecule has 0 N–H and O–H groups in total. The number of carbonyl (C=O) groups is 1. The van der Waals surface area contributed by atoms with E-state index in [1.807, 2.05) is 25.1 Å². The van der Waals surface area contributed by atoms with Gasteiger partial charge in [0, 0.05) is 0 Å². The lowest BCUT2D eigenvalue weighted by Crippen LogP contribution is -2.15. The van der Waals surface area contributed by atoms with Gasteiger partial charge in [-0.05, 0) is 38.2 Å². The summed E-state index contributed by atoms with van der Waals surface area (Å²) in [4.78, 5) is 11.1. The number of esters is 1. The number of ether oxygens (including phenoxy) is 1. The molecule has 0 aromatic heterocycles. The Kier molecular flexibility index (Phi) is 8.39. The number of thiol groups is 1. The molecule has 2 rings (SSSR count). The fraction of sp³-hybridized carbons (Fsp3) is 0.562. The summed E-state index contributed by atoms with van der Waals surface area (Å²) in [6.07, 6.45) is 4.01. The van der Waals surface area contributed by atoms with Crippen molar-refractivity contribution in [1.29, 1.82) is 0 Å². The van der Waals surface area contributed by atoms with Gasteiger partial charge in [-0.25, -0.2) is 10.9 Å². The SMILES string of the molecule is CCOC(=O)C[SH]1CCCCC1.Cc1ccccc1. The molecule has 0 saturated carbocycles. The first-order chi connectivity index (χ1) is 9.22. The largest absolute Gasteiger partial charge is 0.465 e. The standard InChI is InChI=1S/C9H18O2S.C7H8/c1-2-11-9(10)8-12-6-4-3-5-7-12;1-7-5-3-2-4-6-7/h12H,2-8H2,1H3;2-6H,1H3. The first-order valence-corrected chi connectivity index (χ1v) is 9.01. The topological polar surface area (TPSA) is 26.3 Å². The van der Waals surface area contributed by atoms with Crippen LogP contribution in [0.4, 0.5) is 0 Å². The lowest BCUT2D eigenvalue weighted by atomic mass is 10.2. The predicted octanol–water partition coefficient (Wildman–Crippen LogP) is 3.73. The minimum Gasteiger partial charge on any atom is -0.465 e. The van der Waals surface area contributed by atoms with Crippen LogP contribution in [0.1, 0.15) is 31.7 Å². The van der Waals surface area contributed by atoms with E-state index in [0.29, 0.717) is 12.4 Å². The molecule has 1 saturated heterocycles. The third-order valence-corrected chi connectivity index (χ3v) is 5.65. The van der Waals surface area contributed by atoms with Gasteiger partial charge in [0.1, 0.15) is 0 Å². The molecule has 0 spiro atoms. The Morgan fingerprint density at radius 1 is 1.16 bits per heavy atom. The van der Waals surface area contributed by atoms with Gasteiger partial charge >= 0.3 is 5.97 Å². The number of hydrogen-bond donors (Lipinski definition) is 1. The van der Waals surface area contributed by atoms with Gasteiger partial charge in [-0.3, -0.25) is 4.79 Å². The molecule has 19 heavy (non-hydrogen) atoms. The summed E-state index contributed by atoms with van der Waals surface area (Å²) < 4.78 is 4.92. The zero-order valence-electron chi connectivity index (χ0n) is 12.1. The second-order valence-electron chi connectivity index (χ2n) is 4.80. The predicted molar refractivity (Wildman–Crippen MR) is 85.3 cm³/mol. The van der Waals surface area contributed by atoms with E-state index in [0.717, 1.165) is 0 Å². The fourth-order valence-electron chi connectivity index (χ4n) is 2.04. The maximum atomic E-state index is 11.1. The fourth-order valence-corrected chi connectivity index (χ4v) is 4.38. The van der Waals surface area contributed by atoms with Gasteiger partial charge in [-0.1, -0.05) is 42.3 Å². The highest BCUT2D eigenvalue weighted by Gasteiger charge is 2.13. The second-order valence-corrected chi connectivity index (χ2v) is 7.35. The molecule has 0 bridgehead atoms. The van der Waals surface area contributed by atoms with Gasteiger partial charge in [0.05, 0.1) is 12.4 Å². The van der Waals surface area contributed by atoms with Crippen LogP contribution in [0.2, 0.25) is 0 Å². The lowest BCUT2D eigenvalue weighted by Gasteiger charge is -2.24. The van der Waals surface area contributed by atoms with Crippen molar-refractivity contribution >= 4 is 16.9 Å². The normalized spacial score (nSPS) is 16.2. The average molecular weight is 282 g/mol. The molecule has 0 aliphatic carbocycles. The molecule has 1 heterocycles. The number of carbonyl (C=O) groups excluding carboxylic acids is 1. The van der Waals surface area contributed by atoms with E-state index in [-0.39, 0.29) is 16.9 Å². The summed E-state index contributed by atoms with van der Waals surface area (Å²) in [7, 11) is 0.00277. The third kappa shape index (κ3) is 7.93. The number of aryl methyl sites for hydroxylation is 1. The Hall–Kier alpha value is -0.960. The molecule has 0 atom stereocenters. The Labute approximate surface area is 119 Å². The Balaban J connectivity index is 0.000000218. The van der Waals surface area contributed by atoms with Crippen molar-refractivity contribution < 1.29 is 9.53 Å².